The van der Waals surface area contributed by atoms with Crippen LogP contribution < -0.4 is 0 Å². The summed E-state index contributed by atoms with van der Waals surface area (Å²) in [5.74, 6) is 0.0624. The van der Waals surface area contributed by atoms with Gasteiger partial charge in [-0.05, 0) is 42.8 Å². The molecule has 2 aromatic carbocycles. The molecule has 1 aliphatic heterocycles. The molecule has 0 N–H and O–H groups in total. The Bertz CT molecular complexity index is 1080. The maximum Gasteiger partial charge on any atom is 0.254 e. The molecule has 4 rings (SSSR count). The molecule has 0 saturated carbocycles. The first-order chi connectivity index (χ1) is 15.5. The lowest BCUT2D eigenvalue weighted by atomic mass is 10.0. The van der Waals surface area contributed by atoms with E-state index in [1.165, 1.54) is 12.1 Å². The molecule has 1 aromatic heterocycles. The van der Waals surface area contributed by atoms with Crippen molar-refractivity contribution in [1.29, 1.82) is 0 Å². The second-order valence-electron chi connectivity index (χ2n) is 8.83. The Hall–Kier alpha value is -2.99. The molecular formula is C26H31FN4O. The minimum Gasteiger partial charge on any atom is -0.332 e. The van der Waals surface area contributed by atoms with Crippen LogP contribution in [-0.2, 0) is 19.5 Å². The van der Waals surface area contributed by atoms with E-state index in [2.05, 4.69) is 25.7 Å². The average Bonchev–Trinajstić information content (AvgIpc) is 3.16. The summed E-state index contributed by atoms with van der Waals surface area (Å²) < 4.78 is 15.8. The van der Waals surface area contributed by atoms with E-state index < -0.39 is 0 Å². The van der Waals surface area contributed by atoms with E-state index in [-0.39, 0.29) is 11.7 Å². The molecule has 1 amide bonds. The molecule has 0 aliphatic carbocycles. The van der Waals surface area contributed by atoms with Gasteiger partial charge in [-0.3, -0.25) is 9.69 Å². The van der Waals surface area contributed by atoms with Crippen molar-refractivity contribution in [3.8, 4) is 5.69 Å². The Labute approximate surface area is 189 Å². The van der Waals surface area contributed by atoms with Crippen LogP contribution in [0.1, 0.15) is 48.1 Å². The van der Waals surface area contributed by atoms with E-state index in [0.29, 0.717) is 24.6 Å². The van der Waals surface area contributed by atoms with E-state index in [9.17, 15) is 9.18 Å². The fourth-order valence-electron chi connectivity index (χ4n) is 4.36. The van der Waals surface area contributed by atoms with Gasteiger partial charge in [-0.2, -0.15) is 5.10 Å². The number of benzene rings is 2. The minimum absolute atomic E-state index is 0.0107. The van der Waals surface area contributed by atoms with Crippen molar-refractivity contribution in [2.75, 3.05) is 19.6 Å². The summed E-state index contributed by atoms with van der Waals surface area (Å²) in [5, 5.41) is 4.92. The minimum atomic E-state index is -0.278. The third kappa shape index (κ3) is 4.75. The Morgan fingerprint density at radius 2 is 1.94 bits per heavy atom. The Balaban J connectivity index is 1.73. The van der Waals surface area contributed by atoms with Crippen LogP contribution in [0.4, 0.5) is 4.39 Å². The summed E-state index contributed by atoms with van der Waals surface area (Å²) >= 11 is 0. The van der Waals surface area contributed by atoms with Crippen molar-refractivity contribution in [1.82, 2.24) is 19.6 Å². The lowest BCUT2D eigenvalue weighted by Crippen LogP contribution is -2.35. The highest BCUT2D eigenvalue weighted by molar-refractivity contribution is 5.94. The van der Waals surface area contributed by atoms with Gasteiger partial charge in [0.25, 0.3) is 5.91 Å². The number of fused-ring (bicyclic) bond motifs is 1. The number of carbonyl (C=O) groups excluding carboxylic acids is 1. The van der Waals surface area contributed by atoms with Gasteiger partial charge < -0.3 is 4.90 Å². The SMILES string of the molecule is CCN1CCc2c(c(CN(CC(C)C)C(=O)c3ccccc3)nn2-c2cccc(F)c2)C1. The number of carbonyl (C=O) groups is 1. The molecule has 6 heteroatoms. The average molecular weight is 435 g/mol. The van der Waals surface area contributed by atoms with Crippen LogP contribution in [0, 0.1) is 11.7 Å². The largest absolute Gasteiger partial charge is 0.332 e. The normalized spacial score (nSPS) is 13.9. The van der Waals surface area contributed by atoms with E-state index in [1.54, 1.807) is 6.07 Å². The molecule has 32 heavy (non-hydrogen) atoms. The third-order valence-electron chi connectivity index (χ3n) is 5.95. The molecule has 5 nitrogen and oxygen atoms in total. The lowest BCUT2D eigenvalue weighted by molar-refractivity contribution is 0.0719. The quantitative estimate of drug-likeness (QED) is 0.542. The zero-order valence-electron chi connectivity index (χ0n) is 19.1. The monoisotopic (exact) mass is 434 g/mol. The first kappa shape index (κ1) is 22.2. The van der Waals surface area contributed by atoms with Crippen LogP contribution >= 0.6 is 0 Å². The summed E-state index contributed by atoms with van der Waals surface area (Å²) in [6.45, 7) is 10.2. The van der Waals surface area contributed by atoms with Crippen LogP contribution in [-0.4, -0.2) is 45.1 Å². The molecule has 1 aliphatic rings. The third-order valence-corrected chi connectivity index (χ3v) is 5.95. The number of likely N-dealkylation sites (N-methyl/N-ethyl adjacent to an activating group) is 1. The number of hydrogen-bond acceptors (Lipinski definition) is 3. The second-order valence-corrected chi connectivity index (χ2v) is 8.83. The van der Waals surface area contributed by atoms with Crippen molar-refractivity contribution < 1.29 is 9.18 Å². The maximum atomic E-state index is 14.0. The van der Waals surface area contributed by atoms with E-state index in [1.807, 2.05) is 46.0 Å². The Morgan fingerprint density at radius 1 is 1.16 bits per heavy atom. The van der Waals surface area contributed by atoms with Crippen molar-refractivity contribution in [3.63, 3.8) is 0 Å². The van der Waals surface area contributed by atoms with Gasteiger partial charge in [0, 0.05) is 37.2 Å². The second kappa shape index (κ2) is 9.65. The highest BCUT2D eigenvalue weighted by Gasteiger charge is 2.27. The van der Waals surface area contributed by atoms with Crippen LogP contribution in [0.15, 0.2) is 54.6 Å². The fourth-order valence-corrected chi connectivity index (χ4v) is 4.36. The predicted molar refractivity (Wildman–Crippen MR) is 124 cm³/mol. The van der Waals surface area contributed by atoms with E-state index in [4.69, 9.17) is 5.10 Å². The lowest BCUT2D eigenvalue weighted by Gasteiger charge is -2.28. The molecule has 168 valence electrons. The van der Waals surface area contributed by atoms with E-state index in [0.717, 1.165) is 48.7 Å². The van der Waals surface area contributed by atoms with Crippen molar-refractivity contribution >= 4 is 5.91 Å². The van der Waals surface area contributed by atoms with Gasteiger partial charge >= 0.3 is 0 Å². The number of amides is 1. The van der Waals surface area contributed by atoms with Crippen LogP contribution in [0.2, 0.25) is 0 Å². The van der Waals surface area contributed by atoms with Crippen molar-refractivity contribution in [2.24, 2.45) is 5.92 Å². The maximum absolute atomic E-state index is 14.0. The fraction of sp³-hybridized carbons (Fsp3) is 0.385. The van der Waals surface area contributed by atoms with Crippen LogP contribution in [0.25, 0.3) is 5.69 Å². The molecule has 0 spiro atoms. The summed E-state index contributed by atoms with van der Waals surface area (Å²) in [5.41, 5.74) is 4.58. The first-order valence-corrected chi connectivity index (χ1v) is 11.4. The number of halogens is 1. The van der Waals surface area contributed by atoms with Gasteiger partial charge in [0.05, 0.1) is 23.6 Å². The summed E-state index contributed by atoms with van der Waals surface area (Å²) in [6, 6.07) is 16.0. The molecule has 0 atom stereocenters. The predicted octanol–water partition coefficient (Wildman–Crippen LogP) is 4.69. The number of rotatable bonds is 7. The highest BCUT2D eigenvalue weighted by Crippen LogP contribution is 2.27. The van der Waals surface area contributed by atoms with Gasteiger partial charge in [0.2, 0.25) is 0 Å². The topological polar surface area (TPSA) is 41.4 Å². The number of aromatic nitrogens is 2. The molecular weight excluding hydrogens is 403 g/mol. The molecule has 0 unspecified atom stereocenters. The Morgan fingerprint density at radius 3 is 2.62 bits per heavy atom. The molecule has 2 heterocycles. The summed E-state index contributed by atoms with van der Waals surface area (Å²) in [6.07, 6.45) is 0.851. The standard InChI is InChI=1S/C26H31FN4O/c1-4-29-14-13-25-23(17-29)24(28-31(25)22-12-8-11-21(27)15-22)18-30(16-19(2)3)26(32)20-9-6-5-7-10-20/h5-12,15,19H,4,13-14,16-18H2,1-3H3. The van der Waals surface area contributed by atoms with Gasteiger partial charge in [-0.1, -0.05) is 45.0 Å². The zero-order valence-corrected chi connectivity index (χ0v) is 19.1. The molecule has 0 fully saturated rings. The summed E-state index contributed by atoms with van der Waals surface area (Å²) in [7, 11) is 0. The van der Waals surface area contributed by atoms with Crippen molar-refractivity contribution in [3.05, 3.63) is 82.9 Å². The Kier molecular flexibility index (Phi) is 6.70. The summed E-state index contributed by atoms with van der Waals surface area (Å²) in [4.78, 5) is 17.6. The van der Waals surface area contributed by atoms with Gasteiger partial charge in [0.15, 0.2) is 0 Å². The zero-order chi connectivity index (χ0) is 22.7. The van der Waals surface area contributed by atoms with Crippen molar-refractivity contribution in [2.45, 2.75) is 40.3 Å². The van der Waals surface area contributed by atoms with E-state index >= 15 is 0 Å². The van der Waals surface area contributed by atoms with Gasteiger partial charge in [-0.15, -0.1) is 0 Å². The van der Waals surface area contributed by atoms with Gasteiger partial charge in [-0.25, -0.2) is 9.07 Å². The van der Waals surface area contributed by atoms with Crippen LogP contribution in [0.3, 0.4) is 0 Å². The number of nitrogens with zero attached hydrogens (tertiary/aromatic N) is 4. The molecule has 0 bridgehead atoms. The number of hydrogen-bond donors (Lipinski definition) is 0. The first-order valence-electron chi connectivity index (χ1n) is 11.4. The molecule has 0 radical (unpaired) electrons. The van der Waals surface area contributed by atoms with Gasteiger partial charge in [0.1, 0.15) is 5.82 Å². The smallest absolute Gasteiger partial charge is 0.254 e. The highest BCUT2D eigenvalue weighted by atomic mass is 19.1. The molecule has 3 aromatic rings. The van der Waals surface area contributed by atoms with Crippen LogP contribution in [0.5, 0.6) is 0 Å². The molecule has 0 saturated heterocycles.